The third kappa shape index (κ3) is 6.42. The molecule has 1 fully saturated rings. The van der Waals surface area contributed by atoms with Gasteiger partial charge < -0.3 is 29.1 Å². The van der Waals surface area contributed by atoms with Crippen LogP contribution < -0.4 is 14.4 Å². The number of benzene rings is 1. The highest BCUT2D eigenvalue weighted by Gasteiger charge is 2.25. The SMILES string of the molecule is [2H]C([2H])([2H])Oc1cc2nc(-c3ccc(OCCN(C)C(=O)OC(C)(C)C)cn3)cc(N3CCC(CO)C3)c2cc1F. The van der Waals surface area contributed by atoms with Crippen LogP contribution in [0.15, 0.2) is 36.5 Å². The number of methoxy groups -OCH3 is 1. The van der Waals surface area contributed by atoms with Gasteiger partial charge in [0, 0.05) is 49.8 Å². The Morgan fingerprint density at radius 1 is 1.29 bits per heavy atom. The Morgan fingerprint density at radius 2 is 2.11 bits per heavy atom. The van der Waals surface area contributed by atoms with Crippen molar-refractivity contribution in [3.05, 3.63) is 42.3 Å². The van der Waals surface area contributed by atoms with E-state index >= 15 is 0 Å². The zero-order valence-electron chi connectivity index (χ0n) is 25.0. The number of hydrogen-bond acceptors (Lipinski definition) is 8. The first-order chi connectivity index (χ1) is 19.2. The van der Waals surface area contributed by atoms with Crippen LogP contribution in [0.1, 0.15) is 31.3 Å². The fourth-order valence-corrected chi connectivity index (χ4v) is 4.23. The molecule has 1 atom stereocenters. The third-order valence-electron chi connectivity index (χ3n) is 6.23. The first-order valence-electron chi connectivity index (χ1n) is 13.9. The van der Waals surface area contributed by atoms with Crippen LogP contribution in [0.25, 0.3) is 22.3 Å². The van der Waals surface area contributed by atoms with Gasteiger partial charge in [0.1, 0.15) is 18.0 Å². The number of aliphatic hydroxyl groups excluding tert-OH is 1. The molecular formula is C28H35FN4O5. The number of anilines is 1. The Balaban J connectivity index is 1.57. The quantitative estimate of drug-likeness (QED) is 0.455. The minimum atomic E-state index is -2.82. The largest absolute Gasteiger partial charge is 0.494 e. The van der Waals surface area contributed by atoms with E-state index in [0.29, 0.717) is 53.4 Å². The average molecular weight is 530 g/mol. The van der Waals surface area contributed by atoms with Crippen LogP contribution in [0.4, 0.5) is 14.9 Å². The van der Waals surface area contributed by atoms with Crippen molar-refractivity contribution in [3.8, 4) is 22.9 Å². The van der Waals surface area contributed by atoms with Crippen LogP contribution in [-0.4, -0.2) is 78.6 Å². The lowest BCUT2D eigenvalue weighted by atomic mass is 10.1. The molecule has 4 rings (SSSR count). The predicted molar refractivity (Wildman–Crippen MR) is 143 cm³/mol. The number of aromatic nitrogens is 2. The van der Waals surface area contributed by atoms with Crippen molar-refractivity contribution >= 4 is 22.7 Å². The van der Waals surface area contributed by atoms with Crippen LogP contribution in [0.3, 0.4) is 0 Å². The zero-order valence-corrected chi connectivity index (χ0v) is 22.0. The molecule has 1 aromatic carbocycles. The van der Waals surface area contributed by atoms with Crippen molar-refractivity contribution in [2.24, 2.45) is 5.92 Å². The van der Waals surface area contributed by atoms with Gasteiger partial charge in [0.25, 0.3) is 0 Å². The number of carbonyl (C=O) groups excluding carboxylic acids is 1. The molecule has 0 radical (unpaired) electrons. The lowest BCUT2D eigenvalue weighted by Crippen LogP contribution is -2.36. The molecule has 1 unspecified atom stereocenters. The van der Waals surface area contributed by atoms with Crippen molar-refractivity contribution in [2.75, 3.05) is 51.8 Å². The Bertz CT molecular complexity index is 1380. The van der Waals surface area contributed by atoms with Crippen LogP contribution >= 0.6 is 0 Å². The summed E-state index contributed by atoms with van der Waals surface area (Å²) in [5, 5.41) is 10.1. The minimum Gasteiger partial charge on any atom is -0.494 e. The summed E-state index contributed by atoms with van der Waals surface area (Å²) < 4.78 is 52.9. The topological polar surface area (TPSA) is 97.2 Å². The van der Waals surface area contributed by atoms with E-state index < -0.39 is 30.3 Å². The highest BCUT2D eigenvalue weighted by Crippen LogP contribution is 2.36. The van der Waals surface area contributed by atoms with Gasteiger partial charge in [-0.25, -0.2) is 14.2 Å². The Morgan fingerprint density at radius 3 is 2.76 bits per heavy atom. The van der Waals surface area contributed by atoms with Crippen LogP contribution in [-0.2, 0) is 4.74 Å². The minimum absolute atomic E-state index is 0.0495. The maximum absolute atomic E-state index is 14.9. The highest BCUT2D eigenvalue weighted by molar-refractivity contribution is 5.95. The van der Waals surface area contributed by atoms with Crippen molar-refractivity contribution in [1.29, 1.82) is 0 Å². The predicted octanol–water partition coefficient (Wildman–Crippen LogP) is 4.51. The molecule has 3 heterocycles. The second kappa shape index (κ2) is 11.4. The van der Waals surface area contributed by atoms with Gasteiger partial charge in [0.05, 0.1) is 40.8 Å². The van der Waals surface area contributed by atoms with E-state index in [9.17, 15) is 14.3 Å². The molecule has 3 aromatic rings. The summed E-state index contributed by atoms with van der Waals surface area (Å²) in [6, 6.07) is 7.78. The van der Waals surface area contributed by atoms with E-state index in [2.05, 4.69) is 14.9 Å². The molecule has 1 amide bonds. The molecule has 1 N–H and O–H groups in total. The van der Waals surface area contributed by atoms with Gasteiger partial charge in [-0.2, -0.15) is 0 Å². The number of halogens is 1. The second-order valence-corrected chi connectivity index (χ2v) is 10.3. The molecule has 10 heteroatoms. The molecule has 0 saturated carbocycles. The zero-order chi connectivity index (χ0) is 29.9. The number of fused-ring (bicyclic) bond motifs is 1. The van der Waals surface area contributed by atoms with E-state index in [1.54, 1.807) is 46.1 Å². The number of rotatable bonds is 8. The Labute approximate surface area is 226 Å². The molecule has 204 valence electrons. The van der Waals surface area contributed by atoms with Gasteiger partial charge in [0.15, 0.2) is 11.6 Å². The normalized spacial score (nSPS) is 17.1. The molecule has 9 nitrogen and oxygen atoms in total. The Hall–Kier alpha value is -3.66. The summed E-state index contributed by atoms with van der Waals surface area (Å²) in [4.78, 5) is 24.7. The standard InChI is InChI=1S/C28H35FN4O5/c1-28(2,3)38-27(35)32(4)10-11-37-19-6-7-22(30-15-19)24-13-25(33-9-8-18(16-33)17-34)20-12-21(29)26(36-5)14-23(20)31-24/h6-7,12-15,18,34H,8-11,16-17H2,1-5H3/i5D3. The van der Waals surface area contributed by atoms with Gasteiger partial charge in [-0.3, -0.25) is 4.98 Å². The number of amides is 1. The molecule has 0 aliphatic carbocycles. The first kappa shape index (κ1) is 23.5. The maximum atomic E-state index is 14.9. The van der Waals surface area contributed by atoms with Crippen molar-refractivity contribution in [3.63, 3.8) is 0 Å². The lowest BCUT2D eigenvalue weighted by molar-refractivity contribution is 0.0278. The summed E-state index contributed by atoms with van der Waals surface area (Å²) in [6.07, 6.45) is 1.88. The molecule has 38 heavy (non-hydrogen) atoms. The summed E-state index contributed by atoms with van der Waals surface area (Å²) in [5.74, 6) is -0.642. The summed E-state index contributed by atoms with van der Waals surface area (Å²) in [7, 11) is -1.19. The van der Waals surface area contributed by atoms with E-state index in [1.165, 1.54) is 17.0 Å². The van der Waals surface area contributed by atoms with Crippen LogP contribution in [0, 0.1) is 11.7 Å². The van der Waals surface area contributed by atoms with Gasteiger partial charge >= 0.3 is 6.09 Å². The van der Waals surface area contributed by atoms with Crippen molar-refractivity contribution in [2.45, 2.75) is 32.8 Å². The van der Waals surface area contributed by atoms with Crippen LogP contribution in [0.2, 0.25) is 0 Å². The van der Waals surface area contributed by atoms with Crippen molar-refractivity contribution < 1.29 is 32.6 Å². The smallest absolute Gasteiger partial charge is 0.410 e. The number of nitrogens with zero attached hydrogens (tertiary/aromatic N) is 4. The van der Waals surface area contributed by atoms with Crippen molar-refractivity contribution in [1.82, 2.24) is 14.9 Å². The van der Waals surface area contributed by atoms with Gasteiger partial charge in [-0.15, -0.1) is 0 Å². The molecular weight excluding hydrogens is 491 g/mol. The van der Waals surface area contributed by atoms with Gasteiger partial charge in [-0.1, -0.05) is 0 Å². The molecule has 2 aromatic heterocycles. The lowest BCUT2D eigenvalue weighted by Gasteiger charge is -2.24. The number of ether oxygens (including phenoxy) is 3. The molecule has 0 bridgehead atoms. The molecule has 0 spiro atoms. The number of carbonyl (C=O) groups is 1. The van der Waals surface area contributed by atoms with Gasteiger partial charge in [0.2, 0.25) is 0 Å². The molecule has 1 aliphatic rings. The molecule has 1 aliphatic heterocycles. The number of likely N-dealkylation sites (N-methyl/N-ethyl adjacent to an activating group) is 1. The van der Waals surface area contributed by atoms with E-state index in [1.807, 2.05) is 6.07 Å². The number of hydrogen-bond donors (Lipinski definition) is 1. The summed E-state index contributed by atoms with van der Waals surface area (Å²) in [5.41, 5.74) is 1.47. The second-order valence-electron chi connectivity index (χ2n) is 10.3. The number of aliphatic hydroxyl groups is 1. The highest BCUT2D eigenvalue weighted by atomic mass is 19.1. The number of pyridine rings is 2. The fraction of sp³-hybridized carbons (Fsp3) is 0.464. The van der Waals surface area contributed by atoms with E-state index in [4.69, 9.17) is 18.3 Å². The maximum Gasteiger partial charge on any atom is 0.410 e. The Kier molecular flexibility index (Phi) is 7.03. The fourth-order valence-electron chi connectivity index (χ4n) is 4.23. The first-order valence-corrected chi connectivity index (χ1v) is 12.4. The van der Waals surface area contributed by atoms with Gasteiger partial charge in [-0.05, 0) is 51.5 Å². The van der Waals surface area contributed by atoms with E-state index in [-0.39, 0.29) is 19.1 Å². The average Bonchev–Trinajstić information content (AvgIpc) is 3.36. The summed E-state index contributed by atoms with van der Waals surface area (Å²) in [6.45, 7) is 7.24. The molecule has 1 saturated heterocycles. The van der Waals surface area contributed by atoms with E-state index in [0.717, 1.165) is 6.42 Å². The monoisotopic (exact) mass is 529 g/mol. The van der Waals surface area contributed by atoms with Crippen LogP contribution in [0.5, 0.6) is 11.5 Å². The third-order valence-corrected chi connectivity index (χ3v) is 6.23. The summed E-state index contributed by atoms with van der Waals surface area (Å²) >= 11 is 0.